The minimum atomic E-state index is -0.547. The number of benzene rings is 11. The van der Waals surface area contributed by atoms with Crippen LogP contribution in [0.3, 0.4) is 0 Å². The van der Waals surface area contributed by atoms with Crippen LogP contribution in [0.15, 0.2) is 218 Å². The van der Waals surface area contributed by atoms with Crippen LogP contribution in [0.25, 0.3) is 54.6 Å². The molecule has 67 heavy (non-hydrogen) atoms. The third-order valence-corrected chi connectivity index (χ3v) is 14.7. The topological polar surface area (TPSA) is 6.48 Å². The molecule has 0 aliphatic heterocycles. The predicted molar refractivity (Wildman–Crippen MR) is 284 cm³/mol. The summed E-state index contributed by atoms with van der Waals surface area (Å²) in [5, 5.41) is 7.46. The van der Waals surface area contributed by atoms with Crippen molar-refractivity contribution in [2.75, 3.05) is 9.80 Å². The summed E-state index contributed by atoms with van der Waals surface area (Å²) in [5.74, 6) is 0. The number of aryl methyl sites for hydroxylation is 4. The van der Waals surface area contributed by atoms with Gasteiger partial charge in [0.1, 0.15) is 0 Å². The highest BCUT2D eigenvalue weighted by atomic mass is 15.1. The zero-order valence-corrected chi connectivity index (χ0v) is 38.2. The maximum absolute atomic E-state index is 2.54. The molecule has 13 rings (SSSR count). The zero-order chi connectivity index (χ0) is 45.0. The van der Waals surface area contributed by atoms with Crippen LogP contribution in [-0.4, -0.2) is 0 Å². The molecule has 0 unspecified atom stereocenters. The molecule has 0 bridgehead atoms. The average molecular weight is 857 g/mol. The van der Waals surface area contributed by atoms with Crippen LogP contribution in [0.4, 0.5) is 34.1 Å². The first-order valence-electron chi connectivity index (χ1n) is 23.5. The highest BCUT2D eigenvalue weighted by Gasteiger charge is 2.52. The minimum Gasteiger partial charge on any atom is -0.310 e. The van der Waals surface area contributed by atoms with E-state index in [1.54, 1.807) is 0 Å². The Morgan fingerprint density at radius 2 is 0.791 bits per heavy atom. The Morgan fingerprint density at radius 1 is 0.299 bits per heavy atom. The monoisotopic (exact) mass is 856 g/mol. The summed E-state index contributed by atoms with van der Waals surface area (Å²) in [5.41, 5.74) is 22.0. The van der Waals surface area contributed by atoms with E-state index in [2.05, 4.69) is 256 Å². The Labute approximate surface area is 392 Å². The maximum Gasteiger partial charge on any atom is 0.0726 e. The van der Waals surface area contributed by atoms with Crippen molar-refractivity contribution in [3.05, 3.63) is 263 Å². The van der Waals surface area contributed by atoms with Crippen molar-refractivity contribution in [2.24, 2.45) is 0 Å². The Bertz CT molecular complexity index is 3620. The molecular formula is C65H48N2. The fraction of sp³-hybridized carbons (Fsp3) is 0.0769. The second-order valence-corrected chi connectivity index (χ2v) is 18.8. The molecule has 0 aromatic heterocycles. The van der Waals surface area contributed by atoms with E-state index in [4.69, 9.17) is 0 Å². The van der Waals surface area contributed by atoms with Gasteiger partial charge in [-0.2, -0.15) is 0 Å². The van der Waals surface area contributed by atoms with Gasteiger partial charge in [0.15, 0.2) is 0 Å². The van der Waals surface area contributed by atoms with Crippen LogP contribution in [0.5, 0.6) is 0 Å². The van der Waals surface area contributed by atoms with Crippen molar-refractivity contribution in [1.29, 1.82) is 0 Å². The number of nitrogens with zero attached hydrogens (tertiary/aromatic N) is 2. The van der Waals surface area contributed by atoms with E-state index in [0.717, 1.165) is 22.7 Å². The van der Waals surface area contributed by atoms with Crippen LogP contribution in [0.1, 0.15) is 44.5 Å². The first kappa shape index (κ1) is 39.2. The highest BCUT2D eigenvalue weighted by Crippen LogP contribution is 2.65. The highest BCUT2D eigenvalue weighted by molar-refractivity contribution is 6.09. The van der Waals surface area contributed by atoms with E-state index in [-0.39, 0.29) is 0 Å². The molecule has 0 amide bonds. The van der Waals surface area contributed by atoms with E-state index in [9.17, 15) is 0 Å². The molecule has 2 aliphatic carbocycles. The Balaban J connectivity index is 1.08. The number of anilines is 6. The van der Waals surface area contributed by atoms with Gasteiger partial charge < -0.3 is 9.80 Å². The zero-order valence-electron chi connectivity index (χ0n) is 38.2. The van der Waals surface area contributed by atoms with Crippen LogP contribution in [0, 0.1) is 27.7 Å². The number of rotatable bonds is 6. The van der Waals surface area contributed by atoms with Crippen LogP contribution in [-0.2, 0) is 5.41 Å². The fourth-order valence-electron chi connectivity index (χ4n) is 11.8. The van der Waals surface area contributed by atoms with Gasteiger partial charge in [0.25, 0.3) is 0 Å². The molecule has 11 aromatic carbocycles. The van der Waals surface area contributed by atoms with Gasteiger partial charge in [-0.05, 0) is 201 Å². The predicted octanol–water partition coefficient (Wildman–Crippen LogP) is 17.7. The molecule has 11 aromatic rings. The van der Waals surface area contributed by atoms with Gasteiger partial charge in [-0.1, -0.05) is 145 Å². The van der Waals surface area contributed by atoms with Crippen molar-refractivity contribution in [2.45, 2.75) is 33.1 Å². The Hall–Kier alpha value is -8.20. The van der Waals surface area contributed by atoms with Crippen molar-refractivity contribution in [1.82, 2.24) is 0 Å². The summed E-state index contributed by atoms with van der Waals surface area (Å²) >= 11 is 0. The number of hydrogen-bond acceptors (Lipinski definition) is 2. The molecule has 0 saturated heterocycles. The van der Waals surface area contributed by atoms with E-state index in [0.29, 0.717) is 0 Å². The first-order valence-corrected chi connectivity index (χ1v) is 23.5. The SMILES string of the molecule is Cc1ccc(N(c2ccccc2)c2ccc3cc4c(cc3c2)C2(c3cc5cc(N(c6ccccc6)c6ccc(C)cc6C)ccc5cc3-4)c3ccccc3-c3c2ccc2ccccc32)c(C)c1. The number of fused-ring (bicyclic) bond motifs is 14. The average Bonchev–Trinajstić information content (AvgIpc) is 3.81. The molecule has 2 heteroatoms. The molecule has 2 nitrogen and oxygen atoms in total. The minimum absolute atomic E-state index is 0.547. The lowest BCUT2D eigenvalue weighted by Crippen LogP contribution is -2.26. The van der Waals surface area contributed by atoms with Crippen LogP contribution >= 0.6 is 0 Å². The first-order chi connectivity index (χ1) is 32.8. The van der Waals surface area contributed by atoms with Crippen molar-refractivity contribution in [3.63, 3.8) is 0 Å². The normalized spacial score (nSPS) is 12.9. The van der Waals surface area contributed by atoms with Gasteiger partial charge >= 0.3 is 0 Å². The lowest BCUT2D eigenvalue weighted by molar-refractivity contribution is 0.797. The fourth-order valence-corrected chi connectivity index (χ4v) is 11.8. The molecule has 0 radical (unpaired) electrons. The van der Waals surface area contributed by atoms with Crippen molar-refractivity contribution < 1.29 is 0 Å². The molecule has 0 heterocycles. The van der Waals surface area contributed by atoms with E-state index in [1.807, 2.05) is 0 Å². The Morgan fingerprint density at radius 3 is 1.34 bits per heavy atom. The molecule has 0 fully saturated rings. The molecular weight excluding hydrogens is 809 g/mol. The van der Waals surface area contributed by atoms with E-state index in [1.165, 1.54) is 110 Å². The van der Waals surface area contributed by atoms with Gasteiger partial charge in [-0.15, -0.1) is 0 Å². The van der Waals surface area contributed by atoms with Crippen molar-refractivity contribution >= 4 is 66.4 Å². The molecule has 0 N–H and O–H groups in total. The van der Waals surface area contributed by atoms with E-state index >= 15 is 0 Å². The third-order valence-electron chi connectivity index (χ3n) is 14.7. The van der Waals surface area contributed by atoms with Gasteiger partial charge in [0.2, 0.25) is 0 Å². The van der Waals surface area contributed by atoms with E-state index < -0.39 is 5.41 Å². The van der Waals surface area contributed by atoms with Crippen LogP contribution in [0.2, 0.25) is 0 Å². The summed E-state index contributed by atoms with van der Waals surface area (Å²) in [6, 6.07) is 82.2. The summed E-state index contributed by atoms with van der Waals surface area (Å²) < 4.78 is 0. The second-order valence-electron chi connectivity index (χ2n) is 18.8. The third kappa shape index (κ3) is 5.89. The molecule has 2 aliphatic rings. The lowest BCUT2D eigenvalue weighted by Gasteiger charge is -2.31. The van der Waals surface area contributed by atoms with Crippen LogP contribution < -0.4 is 9.80 Å². The quantitative estimate of drug-likeness (QED) is 0.164. The summed E-state index contributed by atoms with van der Waals surface area (Å²) in [6.07, 6.45) is 0. The van der Waals surface area contributed by atoms with Gasteiger partial charge in [-0.25, -0.2) is 0 Å². The summed E-state index contributed by atoms with van der Waals surface area (Å²) in [7, 11) is 0. The van der Waals surface area contributed by atoms with Gasteiger partial charge in [0.05, 0.1) is 5.41 Å². The van der Waals surface area contributed by atoms with Gasteiger partial charge in [-0.3, -0.25) is 0 Å². The maximum atomic E-state index is 2.54. The van der Waals surface area contributed by atoms with Crippen molar-refractivity contribution in [3.8, 4) is 22.3 Å². The number of para-hydroxylation sites is 2. The summed E-state index contributed by atoms with van der Waals surface area (Å²) in [4.78, 5) is 4.83. The molecule has 318 valence electrons. The largest absolute Gasteiger partial charge is 0.310 e. The summed E-state index contributed by atoms with van der Waals surface area (Å²) in [6.45, 7) is 8.79. The molecule has 0 atom stereocenters. The second kappa shape index (κ2) is 14.9. The molecule has 0 saturated carbocycles. The molecule has 1 spiro atoms. The lowest BCUT2D eigenvalue weighted by atomic mass is 9.70. The standard InChI is InChI=1S/C65H48N2/c1-41-23-31-62(43(3)33-41)66(50-16-7-5-8-17-50)52-28-25-46-37-56-57-38-47-26-29-53(67(51-18-9-6-10-19-51)63-32-24-42(2)34-44(63)4)36-49(47)40-61(57)65(60(56)39-48(46)35-52)58-22-14-13-21-55(58)64-54-20-12-11-15-45(54)27-30-59(64)65/h5-40H,1-4H3. The smallest absolute Gasteiger partial charge is 0.0726 e. The Kier molecular flexibility index (Phi) is 8.73. The van der Waals surface area contributed by atoms with Gasteiger partial charge in [0, 0.05) is 34.1 Å². The number of hydrogen-bond donors (Lipinski definition) is 0.